The van der Waals surface area contributed by atoms with Crippen LogP contribution in [0.3, 0.4) is 0 Å². The van der Waals surface area contributed by atoms with Crippen molar-refractivity contribution in [3.63, 3.8) is 0 Å². The van der Waals surface area contributed by atoms with Crippen LogP contribution < -0.4 is 10.6 Å². The summed E-state index contributed by atoms with van der Waals surface area (Å²) in [7, 11) is 1.65. The highest BCUT2D eigenvalue weighted by atomic mass is 19.1. The maximum absolute atomic E-state index is 13.5. The van der Waals surface area contributed by atoms with Crippen LogP contribution in [0.5, 0.6) is 0 Å². The number of halogens is 1. The van der Waals surface area contributed by atoms with Gasteiger partial charge < -0.3 is 15.4 Å². The summed E-state index contributed by atoms with van der Waals surface area (Å²) in [6.07, 6.45) is 5.69. The Balaban J connectivity index is 1.73. The smallest absolute Gasteiger partial charge is 0.223 e. The number of anilines is 1. The third-order valence-electron chi connectivity index (χ3n) is 5.49. The number of hydrogen-bond acceptors (Lipinski definition) is 7. The molecular formula is C23H27FN6O. The number of ether oxygens (including phenoxy) is 1. The molecular weight excluding hydrogens is 395 g/mol. The molecule has 1 aliphatic heterocycles. The molecule has 7 nitrogen and oxygen atoms in total. The SMILES string of the molecule is COCCNc1ncc(-c2ccc(F)cc2)c(-c2cnc(C3CCNCC3)nc2C)n1. The van der Waals surface area contributed by atoms with E-state index in [4.69, 9.17) is 19.7 Å². The van der Waals surface area contributed by atoms with Crippen LogP contribution >= 0.6 is 0 Å². The minimum Gasteiger partial charge on any atom is -0.383 e. The predicted octanol–water partition coefficient (Wildman–Crippen LogP) is 3.57. The van der Waals surface area contributed by atoms with E-state index in [-0.39, 0.29) is 5.82 Å². The lowest BCUT2D eigenvalue weighted by Crippen LogP contribution is -2.27. The molecule has 3 heterocycles. The second kappa shape index (κ2) is 9.89. The third kappa shape index (κ3) is 5.03. The van der Waals surface area contributed by atoms with E-state index >= 15 is 0 Å². The number of nitrogens with zero attached hydrogens (tertiary/aromatic N) is 4. The van der Waals surface area contributed by atoms with Crippen molar-refractivity contribution in [3.8, 4) is 22.4 Å². The summed E-state index contributed by atoms with van der Waals surface area (Å²) in [5.74, 6) is 1.48. The van der Waals surface area contributed by atoms with Crippen molar-refractivity contribution in [1.29, 1.82) is 0 Å². The number of benzene rings is 1. The monoisotopic (exact) mass is 422 g/mol. The van der Waals surface area contributed by atoms with Gasteiger partial charge in [-0.2, -0.15) is 0 Å². The fraction of sp³-hybridized carbons (Fsp3) is 0.391. The zero-order valence-electron chi connectivity index (χ0n) is 17.9. The molecule has 31 heavy (non-hydrogen) atoms. The molecule has 0 bridgehead atoms. The first-order chi connectivity index (χ1) is 15.2. The molecule has 0 saturated carbocycles. The van der Waals surface area contributed by atoms with E-state index in [0.717, 1.165) is 59.8 Å². The van der Waals surface area contributed by atoms with Gasteiger partial charge in [0.2, 0.25) is 5.95 Å². The Morgan fingerprint density at radius 3 is 2.52 bits per heavy atom. The molecule has 0 radical (unpaired) electrons. The molecule has 162 valence electrons. The van der Waals surface area contributed by atoms with Crippen LogP contribution in [0.25, 0.3) is 22.4 Å². The van der Waals surface area contributed by atoms with Crippen molar-refractivity contribution in [2.45, 2.75) is 25.7 Å². The van der Waals surface area contributed by atoms with E-state index in [9.17, 15) is 4.39 Å². The summed E-state index contributed by atoms with van der Waals surface area (Å²) in [4.78, 5) is 18.7. The van der Waals surface area contributed by atoms with Crippen LogP contribution in [0, 0.1) is 12.7 Å². The quantitative estimate of drug-likeness (QED) is 0.563. The summed E-state index contributed by atoms with van der Waals surface area (Å²) >= 11 is 0. The van der Waals surface area contributed by atoms with E-state index in [1.54, 1.807) is 25.4 Å². The molecule has 1 saturated heterocycles. The number of methoxy groups -OCH3 is 1. The van der Waals surface area contributed by atoms with E-state index in [2.05, 4.69) is 15.6 Å². The number of aromatic nitrogens is 4. The number of rotatable bonds is 7. The summed E-state index contributed by atoms with van der Waals surface area (Å²) < 4.78 is 18.6. The molecule has 0 unspecified atom stereocenters. The lowest BCUT2D eigenvalue weighted by Gasteiger charge is -2.22. The Kier molecular flexibility index (Phi) is 6.79. The Labute approximate surface area is 181 Å². The molecule has 0 spiro atoms. The highest BCUT2D eigenvalue weighted by Gasteiger charge is 2.20. The normalized spacial score (nSPS) is 14.5. The first kappa shape index (κ1) is 21.3. The molecule has 0 atom stereocenters. The molecule has 0 amide bonds. The van der Waals surface area contributed by atoms with E-state index in [1.165, 1.54) is 12.1 Å². The number of hydrogen-bond donors (Lipinski definition) is 2. The fourth-order valence-electron chi connectivity index (χ4n) is 3.77. The van der Waals surface area contributed by atoms with Gasteiger partial charge >= 0.3 is 0 Å². The average Bonchev–Trinajstić information content (AvgIpc) is 2.80. The van der Waals surface area contributed by atoms with Gasteiger partial charge in [-0.15, -0.1) is 0 Å². The summed E-state index contributed by atoms with van der Waals surface area (Å²) in [5.41, 5.74) is 4.07. The lowest BCUT2D eigenvalue weighted by molar-refractivity contribution is 0.210. The van der Waals surface area contributed by atoms with Crippen LogP contribution in [0.15, 0.2) is 36.7 Å². The van der Waals surface area contributed by atoms with Crippen LogP contribution in [0.4, 0.5) is 10.3 Å². The Morgan fingerprint density at radius 2 is 1.81 bits per heavy atom. The van der Waals surface area contributed by atoms with Crippen LogP contribution in [-0.2, 0) is 4.74 Å². The minimum atomic E-state index is -0.282. The van der Waals surface area contributed by atoms with Crippen molar-refractivity contribution in [1.82, 2.24) is 25.3 Å². The van der Waals surface area contributed by atoms with Gasteiger partial charge in [0.05, 0.1) is 18.0 Å². The van der Waals surface area contributed by atoms with Crippen LogP contribution in [0.2, 0.25) is 0 Å². The number of piperidine rings is 1. The topological polar surface area (TPSA) is 84.9 Å². The van der Waals surface area contributed by atoms with E-state index in [1.807, 2.05) is 13.1 Å². The largest absolute Gasteiger partial charge is 0.383 e. The maximum atomic E-state index is 13.5. The zero-order valence-corrected chi connectivity index (χ0v) is 17.9. The number of aryl methyl sites for hydroxylation is 1. The van der Waals surface area contributed by atoms with Gasteiger partial charge in [0, 0.05) is 43.1 Å². The molecule has 1 aliphatic rings. The lowest BCUT2D eigenvalue weighted by atomic mass is 9.96. The van der Waals surface area contributed by atoms with Crippen molar-refractivity contribution < 1.29 is 9.13 Å². The zero-order chi connectivity index (χ0) is 21.6. The van der Waals surface area contributed by atoms with Crippen LogP contribution in [-0.4, -0.2) is 53.3 Å². The first-order valence-corrected chi connectivity index (χ1v) is 10.6. The van der Waals surface area contributed by atoms with Gasteiger partial charge in [-0.05, 0) is 50.6 Å². The minimum absolute atomic E-state index is 0.282. The molecule has 8 heteroatoms. The van der Waals surface area contributed by atoms with Gasteiger partial charge in [0.15, 0.2) is 0 Å². The Bertz CT molecular complexity index is 1020. The van der Waals surface area contributed by atoms with Gasteiger partial charge in [-0.1, -0.05) is 12.1 Å². The fourth-order valence-corrected chi connectivity index (χ4v) is 3.77. The van der Waals surface area contributed by atoms with Gasteiger partial charge in [0.1, 0.15) is 11.6 Å². The number of nitrogens with one attached hydrogen (secondary N) is 2. The molecule has 3 aromatic rings. The van der Waals surface area contributed by atoms with E-state index in [0.29, 0.717) is 25.0 Å². The molecule has 1 fully saturated rings. The van der Waals surface area contributed by atoms with Crippen molar-refractivity contribution in [2.75, 3.05) is 38.7 Å². The second-order valence-corrected chi connectivity index (χ2v) is 7.63. The molecule has 2 aromatic heterocycles. The standard InChI is InChI=1S/C23H27FN6O/c1-15-19(13-27-22(29-15)17-7-9-25-10-8-17)21-20(16-3-5-18(24)6-4-16)14-28-23(30-21)26-11-12-31-2/h3-6,13-14,17,25H,7-12H2,1-2H3,(H,26,28,30). The molecule has 1 aromatic carbocycles. The van der Waals surface area contributed by atoms with Crippen molar-refractivity contribution in [2.24, 2.45) is 0 Å². The van der Waals surface area contributed by atoms with Gasteiger partial charge in [-0.25, -0.2) is 24.3 Å². The second-order valence-electron chi connectivity index (χ2n) is 7.63. The predicted molar refractivity (Wildman–Crippen MR) is 118 cm³/mol. The summed E-state index contributed by atoms with van der Waals surface area (Å²) in [6, 6.07) is 6.34. The maximum Gasteiger partial charge on any atom is 0.223 e. The van der Waals surface area contributed by atoms with E-state index < -0.39 is 0 Å². The van der Waals surface area contributed by atoms with Gasteiger partial charge in [0.25, 0.3) is 0 Å². The van der Waals surface area contributed by atoms with Gasteiger partial charge in [-0.3, -0.25) is 0 Å². The van der Waals surface area contributed by atoms with Crippen molar-refractivity contribution in [3.05, 3.63) is 54.0 Å². The highest BCUT2D eigenvalue weighted by molar-refractivity contribution is 5.81. The molecule has 2 N–H and O–H groups in total. The Morgan fingerprint density at radius 1 is 1.06 bits per heavy atom. The van der Waals surface area contributed by atoms with Crippen molar-refractivity contribution >= 4 is 5.95 Å². The summed E-state index contributed by atoms with van der Waals surface area (Å²) in [5, 5.41) is 6.55. The summed E-state index contributed by atoms with van der Waals surface area (Å²) in [6.45, 7) is 5.11. The highest BCUT2D eigenvalue weighted by Crippen LogP contribution is 2.33. The average molecular weight is 423 g/mol. The Hall–Kier alpha value is -2.97. The molecule has 0 aliphatic carbocycles. The third-order valence-corrected chi connectivity index (χ3v) is 5.49. The molecule has 4 rings (SSSR count). The van der Waals surface area contributed by atoms with Crippen LogP contribution in [0.1, 0.15) is 30.3 Å². The first-order valence-electron chi connectivity index (χ1n) is 10.6.